The van der Waals surface area contributed by atoms with E-state index in [9.17, 15) is 8.78 Å². The van der Waals surface area contributed by atoms with Gasteiger partial charge in [0.1, 0.15) is 11.6 Å². The summed E-state index contributed by atoms with van der Waals surface area (Å²) in [5, 5.41) is 2.19. The molecule has 2 nitrogen and oxygen atoms in total. The van der Waals surface area contributed by atoms with E-state index in [1.807, 2.05) is 4.90 Å². The summed E-state index contributed by atoms with van der Waals surface area (Å²) in [6.45, 7) is 3.58. The SMILES string of the molecule is Fc1ccc(N2CC[NH2+]CC2)c(F)c1. The van der Waals surface area contributed by atoms with Gasteiger partial charge in [-0.25, -0.2) is 8.78 Å². The second kappa shape index (κ2) is 3.92. The Labute approximate surface area is 81.5 Å². The Hall–Kier alpha value is -1.16. The van der Waals surface area contributed by atoms with Crippen LogP contribution in [0.1, 0.15) is 0 Å². The summed E-state index contributed by atoms with van der Waals surface area (Å²) in [5.41, 5.74) is 0.513. The number of anilines is 1. The number of hydrogen-bond acceptors (Lipinski definition) is 1. The van der Waals surface area contributed by atoms with Gasteiger partial charge in [-0.3, -0.25) is 0 Å². The largest absolute Gasteiger partial charge is 0.358 e. The predicted molar refractivity (Wildman–Crippen MR) is 50.2 cm³/mol. The molecule has 4 heteroatoms. The maximum absolute atomic E-state index is 13.3. The van der Waals surface area contributed by atoms with E-state index in [0.29, 0.717) is 5.69 Å². The van der Waals surface area contributed by atoms with Crippen LogP contribution >= 0.6 is 0 Å². The molecule has 1 heterocycles. The molecule has 0 unspecified atom stereocenters. The number of nitrogens with two attached hydrogens (primary N) is 1. The van der Waals surface area contributed by atoms with Crippen LogP contribution < -0.4 is 10.2 Å². The van der Waals surface area contributed by atoms with Crippen LogP contribution in [0.3, 0.4) is 0 Å². The van der Waals surface area contributed by atoms with Crippen LogP contribution in [0.5, 0.6) is 0 Å². The zero-order chi connectivity index (χ0) is 9.97. The number of halogens is 2. The van der Waals surface area contributed by atoms with Gasteiger partial charge in [-0.2, -0.15) is 0 Å². The van der Waals surface area contributed by atoms with E-state index in [2.05, 4.69) is 5.32 Å². The number of quaternary nitrogens is 1. The van der Waals surface area contributed by atoms with Crippen LogP contribution in [0.4, 0.5) is 14.5 Å². The summed E-state index contributed by atoms with van der Waals surface area (Å²) in [4.78, 5) is 1.95. The summed E-state index contributed by atoms with van der Waals surface area (Å²) in [6.07, 6.45) is 0. The van der Waals surface area contributed by atoms with Crippen molar-refractivity contribution in [2.24, 2.45) is 0 Å². The molecule has 76 valence electrons. The fourth-order valence-electron chi connectivity index (χ4n) is 1.73. The number of nitrogens with zero attached hydrogens (tertiary/aromatic N) is 1. The lowest BCUT2D eigenvalue weighted by atomic mass is 10.2. The topological polar surface area (TPSA) is 19.9 Å². The Morgan fingerprint density at radius 1 is 1.14 bits per heavy atom. The summed E-state index contributed by atoms with van der Waals surface area (Å²) in [7, 11) is 0. The molecule has 2 rings (SSSR count). The third-order valence-electron chi connectivity index (χ3n) is 2.46. The zero-order valence-electron chi connectivity index (χ0n) is 7.84. The van der Waals surface area contributed by atoms with Crippen molar-refractivity contribution in [1.82, 2.24) is 0 Å². The average Bonchev–Trinajstić information content (AvgIpc) is 2.19. The van der Waals surface area contributed by atoms with E-state index < -0.39 is 11.6 Å². The minimum atomic E-state index is -0.519. The van der Waals surface area contributed by atoms with Crippen molar-refractivity contribution in [2.75, 3.05) is 31.1 Å². The Morgan fingerprint density at radius 2 is 1.86 bits per heavy atom. The molecule has 1 aromatic carbocycles. The molecule has 0 bridgehead atoms. The molecule has 1 aliphatic heterocycles. The van der Waals surface area contributed by atoms with Gasteiger partial charge in [0.05, 0.1) is 31.9 Å². The zero-order valence-corrected chi connectivity index (χ0v) is 7.84. The predicted octanol–water partition coefficient (Wildman–Crippen LogP) is 0.348. The van der Waals surface area contributed by atoms with Gasteiger partial charge in [-0.15, -0.1) is 0 Å². The number of piperazine rings is 1. The molecule has 0 atom stereocenters. The fraction of sp³-hybridized carbons (Fsp3) is 0.400. The highest BCUT2D eigenvalue weighted by Gasteiger charge is 2.16. The van der Waals surface area contributed by atoms with Crippen LogP contribution in [0.15, 0.2) is 18.2 Å². The smallest absolute Gasteiger partial charge is 0.149 e. The highest BCUT2D eigenvalue weighted by molar-refractivity contribution is 5.47. The van der Waals surface area contributed by atoms with Crippen LogP contribution in [0, 0.1) is 11.6 Å². The molecule has 0 aliphatic carbocycles. The van der Waals surface area contributed by atoms with E-state index in [1.54, 1.807) is 0 Å². The molecule has 1 aromatic rings. The summed E-state index contributed by atoms with van der Waals surface area (Å²) < 4.78 is 26.0. The van der Waals surface area contributed by atoms with E-state index in [1.165, 1.54) is 12.1 Å². The standard InChI is InChI=1S/C10H12F2N2/c11-8-1-2-10(9(12)7-8)14-5-3-13-4-6-14/h1-2,7,13H,3-6H2/p+1. The Bertz CT molecular complexity index is 322. The molecule has 14 heavy (non-hydrogen) atoms. The quantitative estimate of drug-likeness (QED) is 0.691. The lowest BCUT2D eigenvalue weighted by Crippen LogP contribution is -2.89. The van der Waals surface area contributed by atoms with Crippen molar-refractivity contribution in [3.05, 3.63) is 29.8 Å². The van der Waals surface area contributed by atoms with Gasteiger partial charge < -0.3 is 10.2 Å². The first-order chi connectivity index (χ1) is 6.77. The number of benzene rings is 1. The second-order valence-electron chi connectivity index (χ2n) is 3.45. The molecule has 0 radical (unpaired) electrons. The first kappa shape index (κ1) is 9.40. The van der Waals surface area contributed by atoms with Crippen molar-refractivity contribution >= 4 is 5.69 Å². The summed E-state index contributed by atoms with van der Waals surface area (Å²) in [5.74, 6) is -0.985. The van der Waals surface area contributed by atoms with Gasteiger partial charge in [-0.1, -0.05) is 0 Å². The van der Waals surface area contributed by atoms with Gasteiger partial charge in [0, 0.05) is 6.07 Å². The molecule has 1 fully saturated rings. The lowest BCUT2D eigenvalue weighted by Gasteiger charge is -2.27. The monoisotopic (exact) mass is 199 g/mol. The lowest BCUT2D eigenvalue weighted by molar-refractivity contribution is -0.655. The molecule has 1 saturated heterocycles. The third kappa shape index (κ3) is 1.85. The number of hydrogen-bond donors (Lipinski definition) is 1. The van der Waals surface area contributed by atoms with E-state index in [4.69, 9.17) is 0 Å². The summed E-state index contributed by atoms with van der Waals surface area (Å²) >= 11 is 0. The van der Waals surface area contributed by atoms with Crippen molar-refractivity contribution in [3.63, 3.8) is 0 Å². The van der Waals surface area contributed by atoms with Gasteiger partial charge in [0.2, 0.25) is 0 Å². The van der Waals surface area contributed by atoms with Gasteiger partial charge in [0.25, 0.3) is 0 Å². The van der Waals surface area contributed by atoms with Crippen molar-refractivity contribution in [3.8, 4) is 0 Å². The molecule has 2 N–H and O–H groups in total. The van der Waals surface area contributed by atoms with Crippen molar-refractivity contribution < 1.29 is 14.1 Å². The summed E-state index contributed by atoms with van der Waals surface area (Å²) in [6, 6.07) is 3.75. The maximum Gasteiger partial charge on any atom is 0.149 e. The Balaban J connectivity index is 2.22. The van der Waals surface area contributed by atoms with E-state index >= 15 is 0 Å². The molecular weight excluding hydrogens is 186 g/mol. The normalized spacial score (nSPS) is 17.1. The van der Waals surface area contributed by atoms with Gasteiger partial charge in [0.15, 0.2) is 0 Å². The molecule has 0 aromatic heterocycles. The maximum atomic E-state index is 13.3. The van der Waals surface area contributed by atoms with Crippen LogP contribution in [0.25, 0.3) is 0 Å². The molecule has 1 aliphatic rings. The van der Waals surface area contributed by atoms with Crippen molar-refractivity contribution in [1.29, 1.82) is 0 Å². The fourth-order valence-corrected chi connectivity index (χ4v) is 1.73. The Kier molecular flexibility index (Phi) is 2.63. The van der Waals surface area contributed by atoms with Crippen molar-refractivity contribution in [2.45, 2.75) is 0 Å². The van der Waals surface area contributed by atoms with E-state index in [0.717, 1.165) is 32.2 Å². The average molecular weight is 199 g/mol. The van der Waals surface area contributed by atoms with Gasteiger partial charge in [-0.05, 0) is 12.1 Å². The highest BCUT2D eigenvalue weighted by atomic mass is 19.1. The molecular formula is C10H13F2N2+. The first-order valence-corrected chi connectivity index (χ1v) is 4.79. The van der Waals surface area contributed by atoms with E-state index in [-0.39, 0.29) is 0 Å². The number of rotatable bonds is 1. The Morgan fingerprint density at radius 3 is 2.50 bits per heavy atom. The first-order valence-electron chi connectivity index (χ1n) is 4.79. The third-order valence-corrected chi connectivity index (χ3v) is 2.46. The molecule has 0 saturated carbocycles. The second-order valence-corrected chi connectivity index (χ2v) is 3.45. The van der Waals surface area contributed by atoms with Crippen LogP contribution in [0.2, 0.25) is 0 Å². The highest BCUT2D eigenvalue weighted by Crippen LogP contribution is 2.19. The molecule has 0 spiro atoms. The molecule has 0 amide bonds. The van der Waals surface area contributed by atoms with Gasteiger partial charge >= 0.3 is 0 Å². The minimum Gasteiger partial charge on any atom is -0.358 e. The van der Waals surface area contributed by atoms with Crippen LogP contribution in [-0.2, 0) is 0 Å². The van der Waals surface area contributed by atoms with Crippen LogP contribution in [-0.4, -0.2) is 26.2 Å². The minimum absolute atomic E-state index is 0.466.